The van der Waals surface area contributed by atoms with Gasteiger partial charge in [-0.3, -0.25) is 4.79 Å². The lowest BCUT2D eigenvalue weighted by atomic mass is 10.0. The van der Waals surface area contributed by atoms with Crippen molar-refractivity contribution < 1.29 is 28.4 Å². The van der Waals surface area contributed by atoms with Gasteiger partial charge >= 0.3 is 11.9 Å². The molecule has 1 aliphatic carbocycles. The molecule has 1 atom stereocenters. The molecule has 1 aliphatic rings. The second kappa shape index (κ2) is 8.63. The Balaban J connectivity index is 1.98. The van der Waals surface area contributed by atoms with Crippen molar-refractivity contribution in [3.05, 3.63) is 70.5 Å². The summed E-state index contributed by atoms with van der Waals surface area (Å²) in [6, 6.07) is 11.6. The third-order valence-electron chi connectivity index (χ3n) is 4.65. The molecule has 2 aromatic carbocycles. The number of allylic oxidation sites excluding steroid dienone is 2. The molecule has 0 fully saturated rings. The normalized spacial score (nSPS) is 15.4. The lowest BCUT2D eigenvalue weighted by Gasteiger charge is -2.06. The second-order valence-corrected chi connectivity index (χ2v) is 7.99. The van der Waals surface area contributed by atoms with Crippen LogP contribution in [0.2, 0.25) is 0 Å². The fraction of sp³-hybridized carbons (Fsp3) is 0.182. The van der Waals surface area contributed by atoms with Gasteiger partial charge in [-0.05, 0) is 94.0 Å². The third-order valence-corrected chi connectivity index (χ3v) is 5.59. The average molecular weight is 414 g/mol. The SMILES string of the molecule is CC1=C(CC(=O)OCC(=O)O)c2cc(F)ccc2/C1=C\c1ccc([S+](C)[O-])cc1. The van der Waals surface area contributed by atoms with E-state index in [1.165, 1.54) is 12.1 Å². The summed E-state index contributed by atoms with van der Waals surface area (Å²) in [5, 5.41) is 8.66. The summed E-state index contributed by atoms with van der Waals surface area (Å²) in [4.78, 5) is 23.4. The number of esters is 1. The van der Waals surface area contributed by atoms with Crippen LogP contribution in [0.25, 0.3) is 17.2 Å². The van der Waals surface area contributed by atoms with Gasteiger partial charge in [0, 0.05) is 0 Å². The maximum absolute atomic E-state index is 13.9. The van der Waals surface area contributed by atoms with E-state index in [9.17, 15) is 18.5 Å². The maximum Gasteiger partial charge on any atom is 0.341 e. The van der Waals surface area contributed by atoms with Crippen molar-refractivity contribution in [2.45, 2.75) is 18.2 Å². The van der Waals surface area contributed by atoms with Gasteiger partial charge in [0.2, 0.25) is 0 Å². The Kier molecular flexibility index (Phi) is 6.20. The molecule has 0 spiro atoms. The van der Waals surface area contributed by atoms with E-state index in [0.29, 0.717) is 11.1 Å². The number of hydrogen-bond acceptors (Lipinski definition) is 4. The van der Waals surface area contributed by atoms with Gasteiger partial charge in [-0.15, -0.1) is 0 Å². The molecule has 0 aromatic heterocycles. The Morgan fingerprint density at radius 1 is 1.17 bits per heavy atom. The molecule has 2 aromatic rings. The highest BCUT2D eigenvalue weighted by Gasteiger charge is 2.26. The molecule has 1 N–H and O–H groups in total. The number of carboxylic acids is 1. The minimum Gasteiger partial charge on any atom is -0.612 e. The number of aliphatic carboxylic acids is 1. The first-order valence-corrected chi connectivity index (χ1v) is 10.3. The highest BCUT2D eigenvalue weighted by Crippen LogP contribution is 2.44. The average Bonchev–Trinajstić information content (AvgIpc) is 2.92. The van der Waals surface area contributed by atoms with Crippen LogP contribution in [0, 0.1) is 5.82 Å². The van der Waals surface area contributed by atoms with E-state index in [0.717, 1.165) is 27.2 Å². The summed E-state index contributed by atoms with van der Waals surface area (Å²) in [5.74, 6) is -2.35. The minimum absolute atomic E-state index is 0.152. The van der Waals surface area contributed by atoms with Crippen molar-refractivity contribution in [2.75, 3.05) is 12.9 Å². The van der Waals surface area contributed by atoms with E-state index in [2.05, 4.69) is 0 Å². The zero-order chi connectivity index (χ0) is 21.1. The molecular weight excluding hydrogens is 395 g/mol. The first kappa shape index (κ1) is 20.8. The molecule has 0 radical (unpaired) electrons. The van der Waals surface area contributed by atoms with Crippen LogP contribution >= 0.6 is 0 Å². The molecule has 150 valence electrons. The Morgan fingerprint density at radius 3 is 2.48 bits per heavy atom. The summed E-state index contributed by atoms with van der Waals surface area (Å²) in [7, 11) is 0. The van der Waals surface area contributed by atoms with Crippen LogP contribution in [0.3, 0.4) is 0 Å². The second-order valence-electron chi connectivity index (χ2n) is 6.61. The summed E-state index contributed by atoms with van der Waals surface area (Å²) in [5.41, 5.74) is 4.48. The van der Waals surface area contributed by atoms with Gasteiger partial charge in [-0.2, -0.15) is 0 Å². The fourth-order valence-electron chi connectivity index (χ4n) is 3.24. The first-order chi connectivity index (χ1) is 13.8. The van der Waals surface area contributed by atoms with Crippen LogP contribution in [0.5, 0.6) is 0 Å². The van der Waals surface area contributed by atoms with Crippen LogP contribution in [0.1, 0.15) is 30.0 Å². The molecule has 5 nitrogen and oxygen atoms in total. The number of fused-ring (bicyclic) bond motifs is 1. The van der Waals surface area contributed by atoms with Gasteiger partial charge in [0.05, 0.1) is 6.42 Å². The smallest absolute Gasteiger partial charge is 0.341 e. The molecule has 7 heteroatoms. The first-order valence-electron chi connectivity index (χ1n) is 8.79. The van der Waals surface area contributed by atoms with Crippen molar-refractivity contribution in [1.82, 2.24) is 0 Å². The zero-order valence-electron chi connectivity index (χ0n) is 15.9. The molecule has 0 saturated heterocycles. The standard InChI is InChI=1S/C22H19FO5S/c1-13-18(9-14-3-6-16(7-4-14)29(2)27)17-8-5-15(23)10-20(17)19(13)11-22(26)28-12-21(24)25/h3-10H,11-12H2,1-2H3,(H,24,25)/b18-9-. The van der Waals surface area contributed by atoms with Crippen LogP contribution in [-0.2, 0) is 25.5 Å². The predicted molar refractivity (Wildman–Crippen MR) is 109 cm³/mol. The van der Waals surface area contributed by atoms with Crippen LogP contribution < -0.4 is 0 Å². The molecule has 1 unspecified atom stereocenters. The van der Waals surface area contributed by atoms with Crippen LogP contribution in [-0.4, -0.2) is 34.5 Å². The highest BCUT2D eigenvalue weighted by molar-refractivity contribution is 7.90. The molecule has 0 aliphatic heterocycles. The van der Waals surface area contributed by atoms with Crippen molar-refractivity contribution in [1.29, 1.82) is 0 Å². The Morgan fingerprint density at radius 2 is 1.86 bits per heavy atom. The van der Waals surface area contributed by atoms with E-state index < -0.39 is 35.5 Å². The van der Waals surface area contributed by atoms with Crippen molar-refractivity contribution in [3.8, 4) is 0 Å². The summed E-state index contributed by atoms with van der Waals surface area (Å²) in [6.07, 6.45) is 3.38. The lowest BCUT2D eigenvalue weighted by molar-refractivity contribution is -0.154. The topological polar surface area (TPSA) is 86.7 Å². The van der Waals surface area contributed by atoms with Crippen molar-refractivity contribution in [3.63, 3.8) is 0 Å². The number of halogens is 1. The van der Waals surface area contributed by atoms with Gasteiger partial charge < -0.3 is 14.4 Å². The molecule has 0 amide bonds. The van der Waals surface area contributed by atoms with Gasteiger partial charge in [0.15, 0.2) is 11.5 Å². The number of ether oxygens (including phenoxy) is 1. The lowest BCUT2D eigenvalue weighted by Crippen LogP contribution is -2.13. The molecular formula is C22H19FO5S. The summed E-state index contributed by atoms with van der Waals surface area (Å²) in [6.45, 7) is 1.12. The number of carboxylic acid groups (broad SMARTS) is 1. The number of rotatable bonds is 6. The minimum atomic E-state index is -1.24. The molecule has 3 rings (SSSR count). The van der Waals surface area contributed by atoms with E-state index in [1.54, 1.807) is 24.5 Å². The number of hydrogen-bond donors (Lipinski definition) is 1. The third kappa shape index (κ3) is 4.75. The van der Waals surface area contributed by atoms with Gasteiger partial charge in [0.25, 0.3) is 0 Å². The predicted octanol–water partition coefficient (Wildman–Crippen LogP) is 3.91. The summed E-state index contributed by atoms with van der Waals surface area (Å²) < 4.78 is 30.2. The van der Waals surface area contributed by atoms with Gasteiger partial charge in [0.1, 0.15) is 12.1 Å². The number of carbonyl (C=O) groups excluding carboxylic acids is 1. The Labute approximate surface area is 170 Å². The molecule has 0 bridgehead atoms. The van der Waals surface area contributed by atoms with Crippen LogP contribution in [0.4, 0.5) is 4.39 Å². The van der Waals surface area contributed by atoms with E-state index in [4.69, 9.17) is 9.84 Å². The Hall–Kier alpha value is -2.90. The maximum atomic E-state index is 13.9. The monoisotopic (exact) mass is 414 g/mol. The summed E-state index contributed by atoms with van der Waals surface area (Å²) >= 11 is -1.07. The Bertz CT molecular complexity index is 1020. The van der Waals surface area contributed by atoms with Gasteiger partial charge in [-0.1, -0.05) is 6.07 Å². The molecule has 0 saturated carbocycles. The van der Waals surface area contributed by atoms with E-state index in [-0.39, 0.29) is 6.42 Å². The van der Waals surface area contributed by atoms with Gasteiger partial charge in [-0.25, -0.2) is 9.18 Å². The molecule has 29 heavy (non-hydrogen) atoms. The zero-order valence-corrected chi connectivity index (χ0v) is 16.7. The fourth-order valence-corrected chi connectivity index (χ4v) is 3.76. The highest BCUT2D eigenvalue weighted by atomic mass is 32.2. The van der Waals surface area contributed by atoms with E-state index >= 15 is 0 Å². The van der Waals surface area contributed by atoms with Crippen molar-refractivity contribution >= 4 is 40.3 Å². The number of benzene rings is 2. The van der Waals surface area contributed by atoms with Crippen LogP contribution in [0.15, 0.2) is 52.9 Å². The molecule has 0 heterocycles. The van der Waals surface area contributed by atoms with E-state index in [1.807, 2.05) is 25.1 Å². The number of carbonyl (C=O) groups is 2. The quantitative estimate of drug-likeness (QED) is 0.572. The van der Waals surface area contributed by atoms with Crippen molar-refractivity contribution in [2.24, 2.45) is 0 Å². The largest absolute Gasteiger partial charge is 0.612 e.